The van der Waals surface area contributed by atoms with Crippen LogP contribution in [0.2, 0.25) is 5.02 Å². The van der Waals surface area contributed by atoms with Crippen LogP contribution in [0.1, 0.15) is 20.8 Å². The molecular formula is C13H11ClO2S. The smallest absolute Gasteiger partial charge is 0.346 e. The van der Waals surface area contributed by atoms with E-state index in [0.717, 1.165) is 16.7 Å². The molecule has 0 aliphatic heterocycles. The molecule has 0 unspecified atom stereocenters. The fourth-order valence-corrected chi connectivity index (χ4v) is 2.74. The van der Waals surface area contributed by atoms with Gasteiger partial charge in [0.1, 0.15) is 4.88 Å². The van der Waals surface area contributed by atoms with Crippen molar-refractivity contribution in [1.82, 2.24) is 0 Å². The molecule has 0 spiro atoms. The monoisotopic (exact) mass is 266 g/mol. The predicted octanol–water partition coefficient (Wildman–Crippen LogP) is 4.38. The standard InChI is InChI=1S/C13H11ClO2S/c1-7-5-10(11(14)6-8(7)2)9-3-4-17-12(9)13(15)16/h3-6H,1-2H3,(H,15,16). The Bertz CT molecular complexity index is 587. The minimum absolute atomic E-state index is 0.329. The van der Waals surface area contributed by atoms with Crippen molar-refractivity contribution < 1.29 is 9.90 Å². The van der Waals surface area contributed by atoms with Gasteiger partial charge in [-0.25, -0.2) is 4.79 Å². The second kappa shape index (κ2) is 4.51. The van der Waals surface area contributed by atoms with Crippen molar-refractivity contribution in [3.63, 3.8) is 0 Å². The van der Waals surface area contributed by atoms with Gasteiger partial charge in [-0.1, -0.05) is 11.6 Å². The molecule has 1 aromatic heterocycles. The van der Waals surface area contributed by atoms with Crippen LogP contribution in [0.4, 0.5) is 0 Å². The van der Waals surface area contributed by atoms with Gasteiger partial charge in [0.25, 0.3) is 0 Å². The number of rotatable bonds is 2. The number of carboxylic acid groups (broad SMARTS) is 1. The van der Waals surface area contributed by atoms with Crippen LogP contribution in [-0.2, 0) is 0 Å². The summed E-state index contributed by atoms with van der Waals surface area (Å²) in [5, 5.41) is 11.5. The quantitative estimate of drug-likeness (QED) is 0.876. The van der Waals surface area contributed by atoms with Crippen LogP contribution in [0.5, 0.6) is 0 Å². The summed E-state index contributed by atoms with van der Waals surface area (Å²) in [6.07, 6.45) is 0. The van der Waals surface area contributed by atoms with Crippen molar-refractivity contribution in [2.45, 2.75) is 13.8 Å². The Balaban J connectivity index is 2.64. The van der Waals surface area contributed by atoms with E-state index in [2.05, 4.69) is 0 Å². The lowest BCUT2D eigenvalue weighted by atomic mass is 10.0. The molecule has 0 saturated carbocycles. The molecular weight excluding hydrogens is 256 g/mol. The molecule has 0 atom stereocenters. The van der Waals surface area contributed by atoms with Gasteiger partial charge >= 0.3 is 5.97 Å². The van der Waals surface area contributed by atoms with Gasteiger partial charge in [-0.05, 0) is 48.6 Å². The Morgan fingerprint density at radius 1 is 1.24 bits per heavy atom. The van der Waals surface area contributed by atoms with Crippen LogP contribution >= 0.6 is 22.9 Å². The van der Waals surface area contributed by atoms with Crippen molar-refractivity contribution in [2.75, 3.05) is 0 Å². The molecule has 0 fully saturated rings. The number of benzene rings is 1. The third-order valence-corrected chi connectivity index (χ3v) is 3.95. The Labute approximate surface area is 108 Å². The third kappa shape index (κ3) is 2.21. The maximum atomic E-state index is 11.1. The second-order valence-corrected chi connectivity index (χ2v) is 5.21. The Hall–Kier alpha value is -1.32. The highest BCUT2D eigenvalue weighted by Gasteiger charge is 2.16. The summed E-state index contributed by atoms with van der Waals surface area (Å²) in [5.41, 5.74) is 3.68. The molecule has 0 bridgehead atoms. The lowest BCUT2D eigenvalue weighted by Gasteiger charge is -2.08. The molecule has 0 aliphatic rings. The highest BCUT2D eigenvalue weighted by Crippen LogP contribution is 2.35. The molecule has 0 aliphatic carbocycles. The molecule has 4 heteroatoms. The fourth-order valence-electron chi connectivity index (χ4n) is 1.67. The Morgan fingerprint density at radius 3 is 2.53 bits per heavy atom. The van der Waals surface area contributed by atoms with Crippen LogP contribution in [0, 0.1) is 13.8 Å². The Kier molecular flexibility index (Phi) is 3.22. The van der Waals surface area contributed by atoms with Crippen molar-refractivity contribution in [3.8, 4) is 11.1 Å². The number of hydrogen-bond donors (Lipinski definition) is 1. The number of aryl methyl sites for hydroxylation is 2. The molecule has 1 heterocycles. The van der Waals surface area contributed by atoms with E-state index < -0.39 is 5.97 Å². The lowest BCUT2D eigenvalue weighted by Crippen LogP contribution is -1.95. The van der Waals surface area contributed by atoms with Crippen LogP contribution in [-0.4, -0.2) is 11.1 Å². The molecule has 0 saturated heterocycles. The van der Waals surface area contributed by atoms with Gasteiger partial charge in [-0.2, -0.15) is 0 Å². The van der Waals surface area contributed by atoms with E-state index in [-0.39, 0.29) is 0 Å². The number of hydrogen-bond acceptors (Lipinski definition) is 2. The average Bonchev–Trinajstić information content (AvgIpc) is 2.72. The van der Waals surface area contributed by atoms with Crippen LogP contribution < -0.4 is 0 Å². The zero-order valence-electron chi connectivity index (χ0n) is 9.45. The minimum atomic E-state index is -0.913. The summed E-state index contributed by atoms with van der Waals surface area (Å²) in [6, 6.07) is 5.60. The third-order valence-electron chi connectivity index (χ3n) is 2.73. The number of halogens is 1. The van der Waals surface area contributed by atoms with Gasteiger partial charge in [0.15, 0.2) is 0 Å². The molecule has 2 nitrogen and oxygen atoms in total. The molecule has 2 aromatic rings. The van der Waals surface area contributed by atoms with E-state index in [1.165, 1.54) is 11.3 Å². The van der Waals surface area contributed by atoms with Gasteiger partial charge in [-0.15, -0.1) is 11.3 Å². The summed E-state index contributed by atoms with van der Waals surface area (Å²) < 4.78 is 0. The molecule has 0 amide bonds. The summed E-state index contributed by atoms with van der Waals surface area (Å²) in [6.45, 7) is 3.97. The molecule has 2 rings (SSSR count). The first-order valence-corrected chi connectivity index (χ1v) is 6.34. The normalized spacial score (nSPS) is 10.5. The highest BCUT2D eigenvalue weighted by molar-refractivity contribution is 7.12. The van der Waals surface area contributed by atoms with E-state index in [0.29, 0.717) is 15.5 Å². The van der Waals surface area contributed by atoms with E-state index in [1.54, 1.807) is 11.4 Å². The maximum absolute atomic E-state index is 11.1. The molecule has 0 radical (unpaired) electrons. The highest BCUT2D eigenvalue weighted by atomic mass is 35.5. The van der Waals surface area contributed by atoms with E-state index in [1.807, 2.05) is 26.0 Å². The number of aromatic carboxylic acids is 1. The minimum Gasteiger partial charge on any atom is -0.477 e. The second-order valence-electron chi connectivity index (χ2n) is 3.88. The predicted molar refractivity (Wildman–Crippen MR) is 71.2 cm³/mol. The summed E-state index contributed by atoms with van der Waals surface area (Å²) in [7, 11) is 0. The van der Waals surface area contributed by atoms with Gasteiger partial charge in [0.2, 0.25) is 0 Å². The van der Waals surface area contributed by atoms with Crippen molar-refractivity contribution in [1.29, 1.82) is 0 Å². The topological polar surface area (TPSA) is 37.3 Å². The van der Waals surface area contributed by atoms with Gasteiger partial charge in [-0.3, -0.25) is 0 Å². The van der Waals surface area contributed by atoms with Crippen molar-refractivity contribution >= 4 is 28.9 Å². The summed E-state index contributed by atoms with van der Waals surface area (Å²) >= 11 is 7.39. The van der Waals surface area contributed by atoms with Gasteiger partial charge in [0, 0.05) is 16.1 Å². The molecule has 88 valence electrons. The summed E-state index contributed by atoms with van der Waals surface area (Å²) in [5.74, 6) is -0.913. The van der Waals surface area contributed by atoms with Crippen LogP contribution in [0.15, 0.2) is 23.6 Å². The lowest BCUT2D eigenvalue weighted by molar-refractivity contribution is 0.0703. The first-order chi connectivity index (χ1) is 8.00. The van der Waals surface area contributed by atoms with Gasteiger partial charge < -0.3 is 5.11 Å². The molecule has 1 N–H and O–H groups in total. The van der Waals surface area contributed by atoms with Gasteiger partial charge in [0.05, 0.1) is 0 Å². The zero-order valence-corrected chi connectivity index (χ0v) is 11.0. The SMILES string of the molecule is Cc1cc(Cl)c(-c2ccsc2C(=O)O)cc1C. The molecule has 17 heavy (non-hydrogen) atoms. The van der Waals surface area contributed by atoms with Crippen molar-refractivity contribution in [3.05, 3.63) is 44.6 Å². The summed E-state index contributed by atoms with van der Waals surface area (Å²) in [4.78, 5) is 11.4. The maximum Gasteiger partial charge on any atom is 0.346 e. The van der Waals surface area contributed by atoms with Crippen LogP contribution in [0.3, 0.4) is 0 Å². The van der Waals surface area contributed by atoms with E-state index >= 15 is 0 Å². The molecule has 1 aromatic carbocycles. The van der Waals surface area contributed by atoms with E-state index in [4.69, 9.17) is 16.7 Å². The zero-order chi connectivity index (χ0) is 12.6. The number of carbonyl (C=O) groups is 1. The number of thiophene rings is 1. The van der Waals surface area contributed by atoms with Crippen LogP contribution in [0.25, 0.3) is 11.1 Å². The first-order valence-electron chi connectivity index (χ1n) is 5.08. The Morgan fingerprint density at radius 2 is 1.88 bits per heavy atom. The first kappa shape index (κ1) is 12.1. The fraction of sp³-hybridized carbons (Fsp3) is 0.154. The number of carboxylic acids is 1. The van der Waals surface area contributed by atoms with Crippen molar-refractivity contribution in [2.24, 2.45) is 0 Å². The van der Waals surface area contributed by atoms with E-state index in [9.17, 15) is 4.79 Å². The average molecular weight is 267 g/mol. The largest absolute Gasteiger partial charge is 0.477 e.